The molecule has 2 heterocycles. The van der Waals surface area contributed by atoms with Crippen LogP contribution in [-0.4, -0.2) is 25.0 Å². The van der Waals surface area contributed by atoms with Crippen molar-refractivity contribution in [3.8, 4) is 0 Å². The smallest absolute Gasteiger partial charge is 0.261 e. The van der Waals surface area contributed by atoms with Crippen molar-refractivity contribution >= 4 is 39.7 Å². The lowest BCUT2D eigenvalue weighted by Gasteiger charge is -2.23. The van der Waals surface area contributed by atoms with Crippen LogP contribution in [0.25, 0.3) is 10.1 Å². The number of hydrogen-bond donors (Lipinski definition) is 2. The van der Waals surface area contributed by atoms with Crippen LogP contribution in [0.2, 0.25) is 0 Å². The first-order valence-electron chi connectivity index (χ1n) is 6.43. The molecule has 0 spiro atoms. The summed E-state index contributed by atoms with van der Waals surface area (Å²) in [6, 6.07) is 6.56. The molecule has 6 heteroatoms. The molecule has 1 saturated heterocycles. The third-order valence-electron chi connectivity index (χ3n) is 3.33. The van der Waals surface area contributed by atoms with Crippen molar-refractivity contribution in [2.24, 2.45) is 0 Å². The summed E-state index contributed by atoms with van der Waals surface area (Å²) in [5.74, 6) is -0.330. The first-order chi connectivity index (χ1) is 9.22. The summed E-state index contributed by atoms with van der Waals surface area (Å²) in [5, 5.41) is 7.08. The maximum atomic E-state index is 13.1. The van der Waals surface area contributed by atoms with Crippen LogP contribution in [0.1, 0.15) is 22.5 Å². The largest absolute Gasteiger partial charge is 0.347 e. The quantitative estimate of drug-likeness (QED) is 0.895. The molecule has 1 aromatic carbocycles. The van der Waals surface area contributed by atoms with Crippen molar-refractivity contribution in [3.63, 3.8) is 0 Å². The van der Waals surface area contributed by atoms with E-state index in [2.05, 4.69) is 10.6 Å². The molecule has 1 aliphatic heterocycles. The average molecular weight is 315 g/mol. The van der Waals surface area contributed by atoms with Gasteiger partial charge in [0.15, 0.2) is 0 Å². The highest BCUT2D eigenvalue weighted by Crippen LogP contribution is 2.26. The van der Waals surface area contributed by atoms with Crippen LogP contribution in [0.4, 0.5) is 4.39 Å². The monoisotopic (exact) mass is 314 g/mol. The molecule has 0 radical (unpaired) electrons. The van der Waals surface area contributed by atoms with E-state index < -0.39 is 0 Å². The summed E-state index contributed by atoms with van der Waals surface area (Å²) in [4.78, 5) is 12.8. The lowest BCUT2D eigenvalue weighted by atomic mass is 10.1. The second-order valence-corrected chi connectivity index (χ2v) is 5.89. The third-order valence-corrected chi connectivity index (χ3v) is 4.45. The van der Waals surface area contributed by atoms with Crippen LogP contribution in [0.15, 0.2) is 24.3 Å². The minimum absolute atomic E-state index is 0. The first-order valence-corrected chi connectivity index (χ1v) is 7.25. The highest BCUT2D eigenvalue weighted by Gasteiger charge is 2.17. The standard InChI is InChI=1S/C14H15FN2OS.ClH/c15-10-3-4-12-9(6-10)7-13(19-12)14(18)17-11-2-1-5-16-8-11;/h3-4,6-7,11,16H,1-2,5,8H2,(H,17,18);1H. The molecule has 3 nitrogen and oxygen atoms in total. The molecule has 1 unspecified atom stereocenters. The molecule has 1 aromatic heterocycles. The molecular weight excluding hydrogens is 299 g/mol. The van der Waals surface area contributed by atoms with Crippen LogP contribution >= 0.6 is 23.7 Å². The van der Waals surface area contributed by atoms with Crippen molar-refractivity contribution in [3.05, 3.63) is 35.0 Å². The van der Waals surface area contributed by atoms with Gasteiger partial charge in [-0.1, -0.05) is 0 Å². The molecule has 2 N–H and O–H groups in total. The van der Waals surface area contributed by atoms with Gasteiger partial charge in [-0.2, -0.15) is 0 Å². The Hall–Kier alpha value is -1.17. The first kappa shape index (κ1) is 15.2. The molecule has 0 aliphatic carbocycles. The summed E-state index contributed by atoms with van der Waals surface area (Å²) in [7, 11) is 0. The minimum atomic E-state index is -0.270. The number of fused-ring (bicyclic) bond motifs is 1. The second-order valence-electron chi connectivity index (χ2n) is 4.81. The van der Waals surface area contributed by atoms with Gasteiger partial charge < -0.3 is 10.6 Å². The highest BCUT2D eigenvalue weighted by atomic mass is 35.5. The number of benzene rings is 1. The number of carbonyl (C=O) groups is 1. The molecule has 3 rings (SSSR count). The number of halogens is 2. The van der Waals surface area contributed by atoms with Crippen LogP contribution in [0.3, 0.4) is 0 Å². The molecule has 20 heavy (non-hydrogen) atoms. The normalized spacial score (nSPS) is 18.6. The Labute approximate surface area is 127 Å². The summed E-state index contributed by atoms with van der Waals surface area (Å²) < 4.78 is 14.1. The van der Waals surface area contributed by atoms with Crippen molar-refractivity contribution in [2.45, 2.75) is 18.9 Å². The summed E-state index contributed by atoms with van der Waals surface area (Å²) in [6.07, 6.45) is 2.10. The number of carbonyl (C=O) groups excluding carboxylic acids is 1. The van der Waals surface area contributed by atoms with Crippen LogP contribution in [-0.2, 0) is 0 Å². The van der Waals surface area contributed by atoms with Crippen molar-refractivity contribution in [2.75, 3.05) is 13.1 Å². The van der Waals surface area contributed by atoms with Gasteiger partial charge in [0, 0.05) is 17.3 Å². The fraction of sp³-hybridized carbons (Fsp3) is 0.357. The summed E-state index contributed by atoms with van der Waals surface area (Å²) in [6.45, 7) is 1.85. The summed E-state index contributed by atoms with van der Waals surface area (Å²) in [5.41, 5.74) is 0. The molecular formula is C14H16ClFN2OS. The zero-order chi connectivity index (χ0) is 13.2. The number of rotatable bonds is 2. The van der Waals surface area contributed by atoms with E-state index in [9.17, 15) is 9.18 Å². The van der Waals surface area contributed by atoms with Gasteiger partial charge in [0.25, 0.3) is 5.91 Å². The van der Waals surface area contributed by atoms with Crippen molar-refractivity contribution in [1.82, 2.24) is 10.6 Å². The predicted octanol–water partition coefficient (Wildman–Crippen LogP) is 2.94. The Morgan fingerprint density at radius 3 is 3.00 bits per heavy atom. The number of nitrogens with one attached hydrogen (secondary N) is 2. The predicted molar refractivity (Wildman–Crippen MR) is 82.4 cm³/mol. The van der Waals surface area contributed by atoms with E-state index in [-0.39, 0.29) is 30.2 Å². The Kier molecular flexibility index (Phi) is 4.96. The average Bonchev–Trinajstić information content (AvgIpc) is 2.83. The number of thiophene rings is 1. The van der Waals surface area contributed by atoms with E-state index in [4.69, 9.17) is 0 Å². The fourth-order valence-corrected chi connectivity index (χ4v) is 3.30. The van der Waals surface area contributed by atoms with Gasteiger partial charge in [0.1, 0.15) is 5.82 Å². The van der Waals surface area contributed by atoms with Crippen LogP contribution < -0.4 is 10.6 Å². The van der Waals surface area contributed by atoms with Gasteiger partial charge >= 0.3 is 0 Å². The second kappa shape index (κ2) is 6.52. The van der Waals surface area contributed by atoms with E-state index in [0.717, 1.165) is 36.0 Å². The summed E-state index contributed by atoms with van der Waals surface area (Å²) >= 11 is 1.40. The number of piperidine rings is 1. The van der Waals surface area contributed by atoms with Gasteiger partial charge in [-0.25, -0.2) is 4.39 Å². The van der Waals surface area contributed by atoms with E-state index in [1.165, 1.54) is 23.5 Å². The Morgan fingerprint density at radius 2 is 2.25 bits per heavy atom. The van der Waals surface area contributed by atoms with Crippen molar-refractivity contribution < 1.29 is 9.18 Å². The molecule has 1 aliphatic rings. The van der Waals surface area contributed by atoms with Crippen LogP contribution in [0, 0.1) is 5.82 Å². The SMILES string of the molecule is Cl.O=C(NC1CCCNC1)c1cc2cc(F)ccc2s1. The molecule has 0 bridgehead atoms. The molecule has 0 saturated carbocycles. The Bertz CT molecular complexity index is 610. The van der Waals surface area contributed by atoms with Gasteiger partial charge in [0.05, 0.1) is 4.88 Å². The van der Waals surface area contributed by atoms with Gasteiger partial charge in [0.2, 0.25) is 0 Å². The molecule has 1 amide bonds. The minimum Gasteiger partial charge on any atom is -0.347 e. The lowest BCUT2D eigenvalue weighted by Crippen LogP contribution is -2.45. The topological polar surface area (TPSA) is 41.1 Å². The number of amides is 1. The zero-order valence-electron chi connectivity index (χ0n) is 10.8. The third kappa shape index (κ3) is 3.29. The molecule has 1 atom stereocenters. The molecule has 2 aromatic rings. The van der Waals surface area contributed by atoms with Gasteiger partial charge in [-0.3, -0.25) is 4.79 Å². The van der Waals surface area contributed by atoms with Crippen molar-refractivity contribution in [1.29, 1.82) is 0 Å². The van der Waals surface area contributed by atoms with E-state index >= 15 is 0 Å². The van der Waals surface area contributed by atoms with E-state index in [0.29, 0.717) is 4.88 Å². The highest BCUT2D eigenvalue weighted by molar-refractivity contribution is 7.20. The van der Waals surface area contributed by atoms with Gasteiger partial charge in [-0.05, 0) is 49.0 Å². The maximum Gasteiger partial charge on any atom is 0.261 e. The van der Waals surface area contributed by atoms with E-state index in [1.54, 1.807) is 12.1 Å². The van der Waals surface area contributed by atoms with Gasteiger partial charge in [-0.15, -0.1) is 23.7 Å². The number of hydrogen-bond acceptors (Lipinski definition) is 3. The zero-order valence-corrected chi connectivity index (χ0v) is 12.5. The Morgan fingerprint density at radius 1 is 1.40 bits per heavy atom. The Balaban J connectivity index is 0.00000147. The van der Waals surface area contributed by atoms with E-state index in [1.807, 2.05) is 0 Å². The molecule has 1 fully saturated rings. The molecule has 108 valence electrons. The maximum absolute atomic E-state index is 13.1. The lowest BCUT2D eigenvalue weighted by molar-refractivity contribution is 0.0935. The van der Waals surface area contributed by atoms with Crippen LogP contribution in [0.5, 0.6) is 0 Å². The fourth-order valence-electron chi connectivity index (χ4n) is 2.36.